The van der Waals surface area contributed by atoms with E-state index in [2.05, 4.69) is 25.8 Å². The van der Waals surface area contributed by atoms with Crippen molar-refractivity contribution in [3.8, 4) is 0 Å². The van der Waals surface area contributed by atoms with Crippen LogP contribution in [0.3, 0.4) is 0 Å². The number of benzene rings is 1. The zero-order chi connectivity index (χ0) is 20.5. The van der Waals surface area contributed by atoms with Crippen molar-refractivity contribution in [1.29, 1.82) is 0 Å². The standard InChI is InChI=1S/C19H16F3N5OS/c20-19(21,22)14-3-1-2-13(8-14)18(6-7-18)10-24-15-5-4-12(9-23-15)16(28)26-17-27-25-11-29-17/h1-5,8-9,11H,6-7,10H2,(H,23,24)(H,26,27,28). The van der Waals surface area contributed by atoms with Gasteiger partial charge in [-0.1, -0.05) is 29.5 Å². The number of hydrogen-bond donors (Lipinski definition) is 2. The molecular formula is C19H16F3N5OS. The summed E-state index contributed by atoms with van der Waals surface area (Å²) >= 11 is 1.21. The molecule has 10 heteroatoms. The molecule has 3 aromatic rings. The SMILES string of the molecule is O=C(Nc1nncs1)c1ccc(NCC2(c3cccc(C(F)(F)F)c3)CC2)nc1. The highest BCUT2D eigenvalue weighted by molar-refractivity contribution is 7.13. The number of nitrogens with one attached hydrogen (secondary N) is 2. The first-order valence-corrected chi connectivity index (χ1v) is 9.69. The second-order valence-corrected chi connectivity index (χ2v) is 7.68. The van der Waals surface area contributed by atoms with Gasteiger partial charge in [0.15, 0.2) is 0 Å². The monoisotopic (exact) mass is 419 g/mol. The summed E-state index contributed by atoms with van der Waals surface area (Å²) in [7, 11) is 0. The first kappa shape index (κ1) is 19.3. The zero-order valence-corrected chi connectivity index (χ0v) is 15.8. The van der Waals surface area contributed by atoms with Crippen molar-refractivity contribution in [1.82, 2.24) is 15.2 Å². The molecule has 0 radical (unpaired) electrons. The predicted octanol–water partition coefficient (Wildman–Crippen LogP) is 4.35. The quantitative estimate of drug-likeness (QED) is 0.621. The smallest absolute Gasteiger partial charge is 0.369 e. The number of alkyl halides is 3. The molecule has 1 amide bonds. The number of carbonyl (C=O) groups excluding carboxylic acids is 1. The van der Waals surface area contributed by atoms with Gasteiger partial charge in [0.2, 0.25) is 5.13 Å². The molecule has 1 fully saturated rings. The van der Waals surface area contributed by atoms with Crippen LogP contribution in [0.15, 0.2) is 48.1 Å². The molecule has 0 saturated heterocycles. The number of amides is 1. The number of anilines is 2. The fraction of sp³-hybridized carbons (Fsp3) is 0.263. The first-order valence-electron chi connectivity index (χ1n) is 8.81. The summed E-state index contributed by atoms with van der Waals surface area (Å²) in [6.07, 6.45) is -1.30. The number of aromatic nitrogens is 3. The molecule has 0 aliphatic heterocycles. The van der Waals surface area contributed by atoms with Crippen molar-refractivity contribution in [2.75, 3.05) is 17.2 Å². The van der Waals surface area contributed by atoms with Crippen LogP contribution < -0.4 is 10.6 Å². The topological polar surface area (TPSA) is 79.8 Å². The van der Waals surface area contributed by atoms with Gasteiger partial charge in [-0.2, -0.15) is 13.2 Å². The lowest BCUT2D eigenvalue weighted by Crippen LogP contribution is -2.21. The largest absolute Gasteiger partial charge is 0.416 e. The van der Waals surface area contributed by atoms with Crippen LogP contribution in [0.4, 0.5) is 24.1 Å². The Morgan fingerprint density at radius 3 is 2.66 bits per heavy atom. The van der Waals surface area contributed by atoms with Gasteiger partial charge < -0.3 is 5.32 Å². The normalized spacial score (nSPS) is 15.0. The van der Waals surface area contributed by atoms with Crippen LogP contribution in [0.2, 0.25) is 0 Å². The van der Waals surface area contributed by atoms with Gasteiger partial charge in [-0.3, -0.25) is 10.1 Å². The Labute approximate surface area is 168 Å². The van der Waals surface area contributed by atoms with E-state index in [9.17, 15) is 18.0 Å². The fourth-order valence-electron chi connectivity index (χ4n) is 3.03. The Bertz CT molecular complexity index is 1000. The van der Waals surface area contributed by atoms with Crippen LogP contribution in [-0.4, -0.2) is 27.6 Å². The van der Waals surface area contributed by atoms with E-state index in [-0.39, 0.29) is 11.3 Å². The number of pyridine rings is 1. The molecule has 150 valence electrons. The molecule has 1 aliphatic rings. The molecule has 0 bridgehead atoms. The van der Waals surface area contributed by atoms with Gasteiger partial charge >= 0.3 is 6.18 Å². The minimum absolute atomic E-state index is 0.323. The van der Waals surface area contributed by atoms with E-state index in [1.807, 2.05) is 0 Å². The third-order valence-electron chi connectivity index (χ3n) is 4.87. The van der Waals surface area contributed by atoms with Crippen LogP contribution >= 0.6 is 11.3 Å². The van der Waals surface area contributed by atoms with Gasteiger partial charge in [-0.25, -0.2) is 4.98 Å². The number of hydrogen-bond acceptors (Lipinski definition) is 6. The lowest BCUT2D eigenvalue weighted by molar-refractivity contribution is -0.137. The summed E-state index contributed by atoms with van der Waals surface area (Å²) < 4.78 is 39.0. The van der Waals surface area contributed by atoms with E-state index < -0.39 is 11.7 Å². The molecule has 2 aromatic heterocycles. The second-order valence-electron chi connectivity index (χ2n) is 6.84. The average Bonchev–Trinajstić information content (AvgIpc) is 3.34. The van der Waals surface area contributed by atoms with E-state index in [4.69, 9.17) is 0 Å². The summed E-state index contributed by atoms with van der Waals surface area (Å²) in [6.45, 7) is 0.470. The Balaban J connectivity index is 1.40. The van der Waals surface area contributed by atoms with E-state index in [1.165, 1.54) is 35.2 Å². The summed E-state index contributed by atoms with van der Waals surface area (Å²) in [5.41, 5.74) is 1.60. The molecule has 6 nitrogen and oxygen atoms in total. The molecule has 0 unspecified atom stereocenters. The van der Waals surface area contributed by atoms with Gasteiger partial charge in [0, 0.05) is 18.2 Å². The lowest BCUT2D eigenvalue weighted by Gasteiger charge is -2.18. The van der Waals surface area contributed by atoms with Crippen molar-refractivity contribution < 1.29 is 18.0 Å². The van der Waals surface area contributed by atoms with Crippen molar-refractivity contribution in [3.63, 3.8) is 0 Å². The molecule has 4 rings (SSSR count). The maximum atomic E-state index is 13.0. The van der Waals surface area contributed by atoms with E-state index >= 15 is 0 Å². The van der Waals surface area contributed by atoms with Gasteiger partial charge in [0.05, 0.1) is 11.1 Å². The van der Waals surface area contributed by atoms with Gasteiger partial charge in [0.1, 0.15) is 11.3 Å². The molecular weight excluding hydrogens is 403 g/mol. The molecule has 2 N–H and O–H groups in total. The number of carbonyl (C=O) groups is 1. The molecule has 29 heavy (non-hydrogen) atoms. The van der Waals surface area contributed by atoms with Crippen LogP contribution in [0, 0.1) is 0 Å². The van der Waals surface area contributed by atoms with Crippen LogP contribution in [0.25, 0.3) is 0 Å². The zero-order valence-electron chi connectivity index (χ0n) is 15.0. The van der Waals surface area contributed by atoms with Crippen LogP contribution in [0.5, 0.6) is 0 Å². The highest BCUT2D eigenvalue weighted by Gasteiger charge is 2.45. The Morgan fingerprint density at radius 1 is 1.21 bits per heavy atom. The Morgan fingerprint density at radius 2 is 2.03 bits per heavy atom. The third-order valence-corrected chi connectivity index (χ3v) is 5.48. The summed E-state index contributed by atoms with van der Waals surface area (Å²) in [5, 5.41) is 13.6. The van der Waals surface area contributed by atoms with Gasteiger partial charge in [-0.05, 0) is 36.6 Å². The molecule has 0 spiro atoms. The average molecular weight is 419 g/mol. The van der Waals surface area contributed by atoms with Crippen LogP contribution in [0.1, 0.15) is 34.3 Å². The van der Waals surface area contributed by atoms with Gasteiger partial charge in [-0.15, -0.1) is 10.2 Å². The predicted molar refractivity (Wildman–Crippen MR) is 103 cm³/mol. The third kappa shape index (κ3) is 4.37. The summed E-state index contributed by atoms with van der Waals surface area (Å²) in [6, 6.07) is 8.77. The molecule has 1 aliphatic carbocycles. The van der Waals surface area contributed by atoms with Crippen molar-refractivity contribution in [2.24, 2.45) is 0 Å². The van der Waals surface area contributed by atoms with E-state index in [0.717, 1.165) is 18.9 Å². The van der Waals surface area contributed by atoms with E-state index in [0.29, 0.717) is 28.6 Å². The first-order chi connectivity index (χ1) is 13.9. The maximum Gasteiger partial charge on any atom is 0.416 e. The van der Waals surface area contributed by atoms with Crippen molar-refractivity contribution >= 4 is 28.2 Å². The number of rotatable bonds is 6. The fourth-order valence-corrected chi connectivity index (χ4v) is 3.47. The Kier molecular flexibility index (Phi) is 4.95. The summed E-state index contributed by atoms with van der Waals surface area (Å²) in [4.78, 5) is 16.3. The van der Waals surface area contributed by atoms with E-state index in [1.54, 1.807) is 18.2 Å². The van der Waals surface area contributed by atoms with Gasteiger partial charge in [0.25, 0.3) is 5.91 Å². The maximum absolute atomic E-state index is 13.0. The highest BCUT2D eigenvalue weighted by atomic mass is 32.1. The molecule has 1 saturated carbocycles. The minimum atomic E-state index is -4.35. The van der Waals surface area contributed by atoms with Crippen molar-refractivity contribution in [3.05, 3.63) is 64.8 Å². The lowest BCUT2D eigenvalue weighted by atomic mass is 9.94. The minimum Gasteiger partial charge on any atom is -0.369 e. The highest BCUT2D eigenvalue weighted by Crippen LogP contribution is 2.49. The number of nitrogens with zero attached hydrogens (tertiary/aromatic N) is 3. The second kappa shape index (κ2) is 7.43. The Hall–Kier alpha value is -3.01. The number of halogens is 3. The molecule has 1 aromatic carbocycles. The van der Waals surface area contributed by atoms with Crippen molar-refractivity contribution in [2.45, 2.75) is 24.4 Å². The molecule has 2 heterocycles. The summed E-state index contributed by atoms with van der Waals surface area (Å²) in [5.74, 6) is 0.208. The molecule has 0 atom stereocenters. The van der Waals surface area contributed by atoms with Crippen LogP contribution in [-0.2, 0) is 11.6 Å².